The fourth-order valence-electron chi connectivity index (χ4n) is 1.82. The highest BCUT2D eigenvalue weighted by molar-refractivity contribution is 6.31. The van der Waals surface area contributed by atoms with Crippen molar-refractivity contribution in [3.05, 3.63) is 34.9 Å². The van der Waals surface area contributed by atoms with Gasteiger partial charge >= 0.3 is 0 Å². The van der Waals surface area contributed by atoms with Gasteiger partial charge in [0.05, 0.1) is 0 Å². The smallest absolute Gasteiger partial charge is 0.0438 e. The highest BCUT2D eigenvalue weighted by atomic mass is 35.5. The largest absolute Gasteiger partial charge is 0.316 e. The third kappa shape index (κ3) is 4.54. The second-order valence-electron chi connectivity index (χ2n) is 5.11. The molecule has 0 heterocycles. The van der Waals surface area contributed by atoms with Crippen LogP contribution < -0.4 is 5.32 Å². The van der Waals surface area contributed by atoms with Crippen LogP contribution in [0, 0.1) is 5.41 Å². The zero-order valence-corrected chi connectivity index (χ0v) is 11.3. The van der Waals surface area contributed by atoms with Crippen LogP contribution in [-0.4, -0.2) is 13.1 Å². The van der Waals surface area contributed by atoms with Crippen LogP contribution in [0.3, 0.4) is 0 Å². The Morgan fingerprint density at radius 2 is 1.94 bits per heavy atom. The average Bonchev–Trinajstić information content (AvgIpc) is 2.21. The van der Waals surface area contributed by atoms with Crippen LogP contribution in [0.2, 0.25) is 5.02 Å². The van der Waals surface area contributed by atoms with Crippen LogP contribution in [0.4, 0.5) is 0 Å². The van der Waals surface area contributed by atoms with E-state index in [0.29, 0.717) is 0 Å². The fraction of sp³-hybridized carbons (Fsp3) is 0.571. The molecule has 90 valence electrons. The van der Waals surface area contributed by atoms with Crippen molar-refractivity contribution in [3.8, 4) is 0 Å². The van der Waals surface area contributed by atoms with Gasteiger partial charge in [-0.2, -0.15) is 0 Å². The molecule has 0 radical (unpaired) electrons. The Morgan fingerprint density at radius 3 is 2.56 bits per heavy atom. The molecule has 0 aliphatic carbocycles. The van der Waals surface area contributed by atoms with E-state index in [9.17, 15) is 0 Å². The lowest BCUT2D eigenvalue weighted by molar-refractivity contribution is 0.339. The predicted octanol–water partition coefficient (Wildman–Crippen LogP) is 3.91. The number of hydrogen-bond donors (Lipinski definition) is 1. The van der Waals surface area contributed by atoms with Gasteiger partial charge in [-0.25, -0.2) is 0 Å². The van der Waals surface area contributed by atoms with Gasteiger partial charge in [0.2, 0.25) is 0 Å². The lowest BCUT2D eigenvalue weighted by Crippen LogP contribution is -2.31. The van der Waals surface area contributed by atoms with E-state index in [-0.39, 0.29) is 5.41 Å². The first-order valence-corrected chi connectivity index (χ1v) is 6.37. The van der Waals surface area contributed by atoms with Gasteiger partial charge in [0.1, 0.15) is 0 Å². The SMILES string of the molecule is CCCNCC(C)(C)Cc1ccccc1Cl. The Bertz CT molecular complexity index is 320. The molecule has 0 spiro atoms. The Morgan fingerprint density at radius 1 is 1.25 bits per heavy atom. The van der Waals surface area contributed by atoms with E-state index in [1.807, 2.05) is 12.1 Å². The van der Waals surface area contributed by atoms with E-state index < -0.39 is 0 Å². The molecule has 0 unspecified atom stereocenters. The molecule has 1 nitrogen and oxygen atoms in total. The summed E-state index contributed by atoms with van der Waals surface area (Å²) in [7, 11) is 0. The molecular formula is C14H22ClN. The average molecular weight is 240 g/mol. The summed E-state index contributed by atoms with van der Waals surface area (Å²) in [5.74, 6) is 0. The minimum Gasteiger partial charge on any atom is -0.316 e. The standard InChI is InChI=1S/C14H22ClN/c1-4-9-16-11-14(2,3)10-12-7-5-6-8-13(12)15/h5-8,16H,4,9-11H2,1-3H3. The van der Waals surface area contributed by atoms with Crippen LogP contribution in [0.25, 0.3) is 0 Å². The molecule has 0 aromatic heterocycles. The van der Waals surface area contributed by atoms with E-state index in [1.165, 1.54) is 12.0 Å². The van der Waals surface area contributed by atoms with Crippen molar-refractivity contribution in [1.82, 2.24) is 5.32 Å². The number of halogens is 1. The quantitative estimate of drug-likeness (QED) is 0.743. The van der Waals surface area contributed by atoms with Crippen LogP contribution in [0.15, 0.2) is 24.3 Å². The third-order valence-corrected chi connectivity index (χ3v) is 3.03. The van der Waals surface area contributed by atoms with Gasteiger partial charge in [0.15, 0.2) is 0 Å². The highest BCUT2D eigenvalue weighted by Crippen LogP contribution is 2.25. The van der Waals surface area contributed by atoms with Crippen molar-refractivity contribution in [2.45, 2.75) is 33.6 Å². The molecule has 0 bridgehead atoms. The summed E-state index contributed by atoms with van der Waals surface area (Å²) >= 11 is 6.17. The van der Waals surface area contributed by atoms with E-state index >= 15 is 0 Å². The predicted molar refractivity (Wildman–Crippen MR) is 72.1 cm³/mol. The molecule has 0 atom stereocenters. The van der Waals surface area contributed by atoms with Crippen molar-refractivity contribution < 1.29 is 0 Å². The van der Waals surface area contributed by atoms with Gasteiger partial charge in [-0.15, -0.1) is 0 Å². The van der Waals surface area contributed by atoms with E-state index in [2.05, 4.69) is 38.2 Å². The van der Waals surface area contributed by atoms with Gasteiger partial charge in [-0.3, -0.25) is 0 Å². The summed E-state index contributed by atoms with van der Waals surface area (Å²) < 4.78 is 0. The van der Waals surface area contributed by atoms with Crippen molar-refractivity contribution in [1.29, 1.82) is 0 Å². The lowest BCUT2D eigenvalue weighted by Gasteiger charge is -2.25. The third-order valence-electron chi connectivity index (χ3n) is 2.66. The molecular weight excluding hydrogens is 218 g/mol. The number of rotatable bonds is 6. The van der Waals surface area contributed by atoms with E-state index in [0.717, 1.165) is 24.5 Å². The summed E-state index contributed by atoms with van der Waals surface area (Å²) in [6.45, 7) is 8.87. The van der Waals surface area contributed by atoms with Gasteiger partial charge in [0.25, 0.3) is 0 Å². The van der Waals surface area contributed by atoms with Crippen molar-refractivity contribution in [2.24, 2.45) is 5.41 Å². The highest BCUT2D eigenvalue weighted by Gasteiger charge is 2.18. The Balaban J connectivity index is 2.55. The lowest BCUT2D eigenvalue weighted by atomic mass is 9.85. The maximum atomic E-state index is 6.17. The summed E-state index contributed by atoms with van der Waals surface area (Å²) in [6.07, 6.45) is 2.20. The number of nitrogens with one attached hydrogen (secondary N) is 1. The number of hydrogen-bond acceptors (Lipinski definition) is 1. The van der Waals surface area contributed by atoms with E-state index in [4.69, 9.17) is 11.6 Å². The topological polar surface area (TPSA) is 12.0 Å². The van der Waals surface area contributed by atoms with Gasteiger partial charge < -0.3 is 5.32 Å². The Labute approximate surface area is 104 Å². The summed E-state index contributed by atoms with van der Waals surface area (Å²) in [5.41, 5.74) is 1.49. The first-order chi connectivity index (χ1) is 7.55. The Hall–Kier alpha value is -0.530. The molecule has 1 aromatic carbocycles. The molecule has 1 aromatic rings. The first-order valence-electron chi connectivity index (χ1n) is 5.99. The molecule has 0 aliphatic rings. The molecule has 0 saturated carbocycles. The summed E-state index contributed by atoms with van der Waals surface area (Å²) in [5, 5.41) is 4.35. The summed E-state index contributed by atoms with van der Waals surface area (Å²) in [4.78, 5) is 0. The molecule has 16 heavy (non-hydrogen) atoms. The van der Waals surface area contributed by atoms with Crippen molar-refractivity contribution in [3.63, 3.8) is 0 Å². The fourth-order valence-corrected chi connectivity index (χ4v) is 2.03. The van der Waals surface area contributed by atoms with Crippen molar-refractivity contribution >= 4 is 11.6 Å². The van der Waals surface area contributed by atoms with Crippen molar-refractivity contribution in [2.75, 3.05) is 13.1 Å². The maximum absolute atomic E-state index is 6.17. The van der Waals surface area contributed by atoms with Crippen LogP contribution in [-0.2, 0) is 6.42 Å². The molecule has 0 amide bonds. The minimum atomic E-state index is 0.250. The Kier molecular flexibility index (Phi) is 5.30. The monoisotopic (exact) mass is 239 g/mol. The van der Waals surface area contributed by atoms with Gasteiger partial charge in [-0.1, -0.05) is 50.6 Å². The number of benzene rings is 1. The van der Waals surface area contributed by atoms with Gasteiger partial charge in [-0.05, 0) is 36.4 Å². The van der Waals surface area contributed by atoms with E-state index in [1.54, 1.807) is 0 Å². The van der Waals surface area contributed by atoms with Gasteiger partial charge in [0, 0.05) is 11.6 Å². The minimum absolute atomic E-state index is 0.250. The molecule has 1 N–H and O–H groups in total. The molecule has 0 aliphatic heterocycles. The maximum Gasteiger partial charge on any atom is 0.0438 e. The zero-order chi connectivity index (χ0) is 12.0. The van der Waals surface area contributed by atoms with Crippen LogP contribution in [0.5, 0.6) is 0 Å². The normalized spacial score (nSPS) is 11.8. The first kappa shape index (κ1) is 13.5. The molecule has 2 heteroatoms. The second-order valence-corrected chi connectivity index (χ2v) is 5.52. The van der Waals surface area contributed by atoms with Crippen LogP contribution in [0.1, 0.15) is 32.8 Å². The zero-order valence-electron chi connectivity index (χ0n) is 10.5. The molecule has 1 rings (SSSR count). The summed E-state index contributed by atoms with van der Waals surface area (Å²) in [6, 6.07) is 8.11. The second kappa shape index (κ2) is 6.27. The molecule has 0 fully saturated rings. The molecule has 0 saturated heterocycles. The van der Waals surface area contributed by atoms with Crippen LogP contribution >= 0.6 is 11.6 Å².